The number of phenols is 1. The Morgan fingerprint density at radius 1 is 1.25 bits per heavy atom. The van der Waals surface area contributed by atoms with E-state index in [1.807, 2.05) is 0 Å². The summed E-state index contributed by atoms with van der Waals surface area (Å²) >= 11 is 0. The Morgan fingerprint density at radius 3 is 2.79 bits per heavy atom. The summed E-state index contributed by atoms with van der Waals surface area (Å²) in [6.45, 7) is 1.87. The van der Waals surface area contributed by atoms with Crippen molar-refractivity contribution < 1.29 is 24.1 Å². The van der Waals surface area contributed by atoms with E-state index in [4.69, 9.17) is 13.9 Å². The monoisotopic (exact) mass is 333 g/mol. The van der Waals surface area contributed by atoms with Crippen molar-refractivity contribution in [2.75, 3.05) is 19.8 Å². The molecular weight excluding hydrogens is 314 g/mol. The summed E-state index contributed by atoms with van der Waals surface area (Å²) in [6.07, 6.45) is 0.634. The molecule has 0 radical (unpaired) electrons. The molecule has 1 saturated heterocycles. The van der Waals surface area contributed by atoms with E-state index in [-0.39, 0.29) is 23.5 Å². The van der Waals surface area contributed by atoms with E-state index in [0.717, 1.165) is 23.9 Å². The molecule has 4 rings (SSSR count). The van der Waals surface area contributed by atoms with Crippen LogP contribution in [0.5, 0.6) is 5.75 Å². The second-order valence-electron chi connectivity index (χ2n) is 6.03. The largest absolute Gasteiger partial charge is 0.507 e. The predicted molar refractivity (Wildman–Crippen MR) is 84.7 cm³/mol. The van der Waals surface area contributed by atoms with Gasteiger partial charge < -0.3 is 29.4 Å². The highest BCUT2D eigenvalue weighted by Gasteiger charge is 2.29. The highest BCUT2D eigenvalue weighted by Crippen LogP contribution is 2.40. The van der Waals surface area contributed by atoms with Gasteiger partial charge in [-0.05, 0) is 31.0 Å². The molecular formula is C17H19NO6. The number of nitrogens with one attached hydrogen (secondary N) is 1. The highest BCUT2D eigenvalue weighted by molar-refractivity contribution is 5.87. The summed E-state index contributed by atoms with van der Waals surface area (Å²) in [7, 11) is 0. The van der Waals surface area contributed by atoms with E-state index >= 15 is 0 Å². The maximum Gasteiger partial charge on any atom is 0.341 e. The molecule has 0 spiro atoms. The van der Waals surface area contributed by atoms with Crippen molar-refractivity contribution in [3.8, 4) is 5.75 Å². The fourth-order valence-electron chi connectivity index (χ4n) is 3.39. The SMILES string of the molecule is O=c1oc2c(C3OCCCO3)c(O)c(CO)cc2c2c1CNCC2. The maximum atomic E-state index is 12.4. The molecule has 24 heavy (non-hydrogen) atoms. The first kappa shape index (κ1) is 15.6. The molecule has 7 heteroatoms. The topological polar surface area (TPSA) is 101 Å². The molecule has 3 heterocycles. The van der Waals surface area contributed by atoms with Gasteiger partial charge in [-0.1, -0.05) is 0 Å². The summed E-state index contributed by atoms with van der Waals surface area (Å²) in [4.78, 5) is 12.4. The van der Waals surface area contributed by atoms with Crippen molar-refractivity contribution in [1.29, 1.82) is 0 Å². The third kappa shape index (κ3) is 2.41. The first-order valence-corrected chi connectivity index (χ1v) is 8.08. The minimum atomic E-state index is -0.810. The molecule has 128 valence electrons. The molecule has 2 aromatic rings. The van der Waals surface area contributed by atoms with Crippen molar-refractivity contribution in [3.63, 3.8) is 0 Å². The van der Waals surface area contributed by atoms with E-state index in [1.165, 1.54) is 0 Å². The molecule has 2 aliphatic heterocycles. The van der Waals surface area contributed by atoms with Crippen molar-refractivity contribution in [1.82, 2.24) is 5.32 Å². The van der Waals surface area contributed by atoms with Crippen LogP contribution in [0.4, 0.5) is 0 Å². The summed E-state index contributed by atoms with van der Waals surface area (Å²) in [6, 6.07) is 1.68. The molecule has 0 amide bonds. The van der Waals surface area contributed by atoms with Crippen LogP contribution in [0.1, 0.15) is 35.0 Å². The highest BCUT2D eigenvalue weighted by atomic mass is 16.7. The number of hydrogen-bond acceptors (Lipinski definition) is 7. The molecule has 0 aliphatic carbocycles. The van der Waals surface area contributed by atoms with Gasteiger partial charge in [0.2, 0.25) is 0 Å². The minimum absolute atomic E-state index is 0.145. The summed E-state index contributed by atoms with van der Waals surface area (Å²) in [5, 5.41) is 24.0. The zero-order valence-corrected chi connectivity index (χ0v) is 13.1. The first-order valence-electron chi connectivity index (χ1n) is 8.08. The van der Waals surface area contributed by atoms with Gasteiger partial charge in [0.1, 0.15) is 5.75 Å². The second-order valence-corrected chi connectivity index (χ2v) is 6.03. The van der Waals surface area contributed by atoms with Crippen LogP contribution >= 0.6 is 0 Å². The van der Waals surface area contributed by atoms with Gasteiger partial charge >= 0.3 is 5.63 Å². The molecule has 7 nitrogen and oxygen atoms in total. The van der Waals surface area contributed by atoms with Crippen LogP contribution in [0.25, 0.3) is 11.0 Å². The fourth-order valence-corrected chi connectivity index (χ4v) is 3.39. The quantitative estimate of drug-likeness (QED) is 0.707. The number of fused-ring (bicyclic) bond motifs is 3. The van der Waals surface area contributed by atoms with Gasteiger partial charge in [0.15, 0.2) is 11.9 Å². The van der Waals surface area contributed by atoms with Crippen LogP contribution in [0.3, 0.4) is 0 Å². The minimum Gasteiger partial charge on any atom is -0.507 e. The van der Waals surface area contributed by atoms with Crippen LogP contribution < -0.4 is 10.9 Å². The first-order chi connectivity index (χ1) is 11.7. The van der Waals surface area contributed by atoms with Crippen LogP contribution in [-0.2, 0) is 29.0 Å². The van der Waals surface area contributed by atoms with Crippen molar-refractivity contribution in [2.24, 2.45) is 0 Å². The molecule has 0 atom stereocenters. The summed E-state index contributed by atoms with van der Waals surface area (Å²) in [5.41, 5.74) is 2.01. The van der Waals surface area contributed by atoms with Gasteiger partial charge in [-0.3, -0.25) is 0 Å². The van der Waals surface area contributed by atoms with E-state index in [9.17, 15) is 15.0 Å². The number of rotatable bonds is 2. The zero-order chi connectivity index (χ0) is 16.7. The third-order valence-electron chi connectivity index (χ3n) is 4.58. The second kappa shape index (κ2) is 6.18. The van der Waals surface area contributed by atoms with Crippen molar-refractivity contribution >= 4 is 11.0 Å². The fraction of sp³-hybridized carbons (Fsp3) is 0.471. The van der Waals surface area contributed by atoms with Crippen LogP contribution in [0, 0.1) is 0 Å². The molecule has 0 unspecified atom stereocenters. The Bertz CT molecular complexity index is 837. The van der Waals surface area contributed by atoms with Gasteiger partial charge in [0.05, 0.1) is 30.9 Å². The average molecular weight is 333 g/mol. The van der Waals surface area contributed by atoms with Gasteiger partial charge in [-0.15, -0.1) is 0 Å². The Kier molecular flexibility index (Phi) is 4.01. The van der Waals surface area contributed by atoms with Gasteiger partial charge in [0.25, 0.3) is 0 Å². The van der Waals surface area contributed by atoms with Gasteiger partial charge in [-0.2, -0.15) is 0 Å². The van der Waals surface area contributed by atoms with Gasteiger partial charge in [0, 0.05) is 17.5 Å². The molecule has 0 saturated carbocycles. The van der Waals surface area contributed by atoms with Crippen LogP contribution in [-0.4, -0.2) is 30.0 Å². The number of aliphatic hydroxyl groups excluding tert-OH is 1. The third-order valence-corrected chi connectivity index (χ3v) is 4.58. The maximum absolute atomic E-state index is 12.4. The summed E-state index contributed by atoms with van der Waals surface area (Å²) < 4.78 is 16.7. The Labute approximate surface area is 137 Å². The number of aliphatic hydroxyl groups is 1. The number of ether oxygens (including phenoxy) is 2. The number of benzene rings is 1. The van der Waals surface area contributed by atoms with E-state index < -0.39 is 11.9 Å². The molecule has 0 bridgehead atoms. The number of aromatic hydroxyl groups is 1. The predicted octanol–water partition coefficient (Wildman–Crippen LogP) is 1.07. The van der Waals surface area contributed by atoms with Gasteiger partial charge in [-0.25, -0.2) is 4.79 Å². The Hall–Kier alpha value is -1.93. The Balaban J connectivity index is 2.03. The van der Waals surface area contributed by atoms with Crippen LogP contribution in [0.2, 0.25) is 0 Å². The number of hydrogen-bond donors (Lipinski definition) is 3. The lowest BCUT2D eigenvalue weighted by atomic mass is 9.94. The van der Waals surface area contributed by atoms with Crippen LogP contribution in [0.15, 0.2) is 15.3 Å². The van der Waals surface area contributed by atoms with E-state index in [1.54, 1.807) is 6.07 Å². The average Bonchev–Trinajstić information content (AvgIpc) is 2.62. The standard InChI is InChI=1S/C17H19NO6/c19-8-9-6-11-10-2-3-18-7-12(10)16(21)24-15(11)13(14(9)20)17-22-4-1-5-23-17/h6,17-20H,1-5,7-8H2. The lowest BCUT2D eigenvalue weighted by Crippen LogP contribution is -2.29. The van der Waals surface area contributed by atoms with Crippen molar-refractivity contribution in [3.05, 3.63) is 38.7 Å². The summed E-state index contributed by atoms with van der Waals surface area (Å²) in [5.74, 6) is -0.145. The lowest BCUT2D eigenvalue weighted by Gasteiger charge is -2.26. The molecule has 1 aromatic heterocycles. The molecule has 1 fully saturated rings. The van der Waals surface area contributed by atoms with E-state index in [0.29, 0.717) is 37.3 Å². The normalized spacial score (nSPS) is 18.7. The molecule has 3 N–H and O–H groups in total. The Morgan fingerprint density at radius 2 is 2.04 bits per heavy atom. The van der Waals surface area contributed by atoms with E-state index in [2.05, 4.69) is 5.32 Å². The molecule has 1 aromatic carbocycles. The smallest absolute Gasteiger partial charge is 0.341 e. The lowest BCUT2D eigenvalue weighted by molar-refractivity contribution is -0.183. The zero-order valence-electron chi connectivity index (χ0n) is 13.1. The molecule has 2 aliphatic rings. The van der Waals surface area contributed by atoms with Crippen molar-refractivity contribution in [2.45, 2.75) is 32.3 Å².